The highest BCUT2D eigenvalue weighted by Gasteiger charge is 2.32. The summed E-state index contributed by atoms with van der Waals surface area (Å²) in [6.45, 7) is 2.92. The zero-order valence-corrected chi connectivity index (χ0v) is 11.7. The minimum absolute atomic E-state index is 0.0117. The molecule has 1 fully saturated rings. The van der Waals surface area contributed by atoms with Crippen LogP contribution in [-0.4, -0.2) is 37.3 Å². The molecule has 0 radical (unpaired) electrons. The van der Waals surface area contributed by atoms with Gasteiger partial charge in [-0.05, 0) is 18.1 Å². The number of nitrogens with one attached hydrogen (secondary N) is 1. The van der Waals surface area contributed by atoms with Gasteiger partial charge in [0.25, 0.3) is 0 Å². The second-order valence-corrected chi connectivity index (χ2v) is 5.15. The fourth-order valence-corrected chi connectivity index (χ4v) is 2.72. The normalized spacial score (nSPS) is 18.2. The van der Waals surface area contributed by atoms with Crippen molar-refractivity contribution in [1.82, 2.24) is 10.2 Å². The van der Waals surface area contributed by atoms with E-state index in [0.29, 0.717) is 24.2 Å². The molecule has 1 N–H and O–H groups in total. The van der Waals surface area contributed by atoms with Crippen LogP contribution >= 0.6 is 0 Å². The van der Waals surface area contributed by atoms with Gasteiger partial charge in [-0.1, -0.05) is 18.2 Å². The summed E-state index contributed by atoms with van der Waals surface area (Å²) >= 11 is 0. The maximum atomic E-state index is 12.6. The van der Waals surface area contributed by atoms with Crippen LogP contribution in [0.5, 0.6) is 0 Å². The van der Waals surface area contributed by atoms with Crippen molar-refractivity contribution in [1.29, 1.82) is 5.26 Å². The molecule has 2 rings (SSSR count). The van der Waals surface area contributed by atoms with Gasteiger partial charge in [0.1, 0.15) is 0 Å². The molecule has 0 aliphatic carbocycles. The van der Waals surface area contributed by atoms with Crippen molar-refractivity contribution in [3.05, 3.63) is 35.4 Å². The highest BCUT2D eigenvalue weighted by molar-refractivity contribution is 5.39. The van der Waals surface area contributed by atoms with E-state index in [1.54, 1.807) is 24.3 Å². The van der Waals surface area contributed by atoms with Gasteiger partial charge in [0.05, 0.1) is 11.6 Å². The van der Waals surface area contributed by atoms with Gasteiger partial charge in [-0.3, -0.25) is 4.90 Å². The van der Waals surface area contributed by atoms with Crippen molar-refractivity contribution in [2.75, 3.05) is 26.2 Å². The average Bonchev–Trinajstić information content (AvgIpc) is 2.48. The maximum absolute atomic E-state index is 12.6. The number of halogens is 3. The van der Waals surface area contributed by atoms with Gasteiger partial charge < -0.3 is 5.32 Å². The second kappa shape index (κ2) is 6.92. The van der Waals surface area contributed by atoms with Crippen LogP contribution in [0.3, 0.4) is 0 Å². The molecule has 0 bridgehead atoms. The molecule has 1 aromatic rings. The lowest BCUT2D eigenvalue weighted by molar-refractivity contribution is -0.138. The standard InChI is InChI=1S/C15H18F3N3/c16-15(17,18)6-5-14(21-9-7-20-8-10-21)13-4-2-1-3-12(13)11-19/h1-4,14,20H,5-10H2/t14-/m1/s1. The molecule has 1 aliphatic heterocycles. The number of alkyl halides is 3. The number of nitriles is 1. The zero-order valence-electron chi connectivity index (χ0n) is 11.7. The molecular formula is C15H18F3N3. The average molecular weight is 297 g/mol. The number of hydrogen-bond acceptors (Lipinski definition) is 3. The highest BCUT2D eigenvalue weighted by atomic mass is 19.4. The first-order chi connectivity index (χ1) is 10.0. The van der Waals surface area contributed by atoms with Crippen LogP contribution in [0.15, 0.2) is 24.3 Å². The topological polar surface area (TPSA) is 39.1 Å². The smallest absolute Gasteiger partial charge is 0.314 e. The fraction of sp³-hybridized carbons (Fsp3) is 0.533. The van der Waals surface area contributed by atoms with Gasteiger partial charge in [-0.15, -0.1) is 0 Å². The van der Waals surface area contributed by atoms with Crippen molar-refractivity contribution in [3.8, 4) is 6.07 Å². The third kappa shape index (κ3) is 4.45. The summed E-state index contributed by atoms with van der Waals surface area (Å²) < 4.78 is 37.8. The van der Waals surface area contributed by atoms with Crippen LogP contribution < -0.4 is 5.32 Å². The number of hydrogen-bond donors (Lipinski definition) is 1. The molecule has 1 aromatic carbocycles. The fourth-order valence-electron chi connectivity index (χ4n) is 2.72. The van der Waals surface area contributed by atoms with E-state index >= 15 is 0 Å². The molecule has 0 saturated carbocycles. The minimum atomic E-state index is -4.17. The van der Waals surface area contributed by atoms with Crippen molar-refractivity contribution in [2.45, 2.75) is 25.1 Å². The molecule has 1 heterocycles. The van der Waals surface area contributed by atoms with Crippen LogP contribution in [0, 0.1) is 11.3 Å². The molecule has 0 aromatic heterocycles. The Labute approximate surface area is 122 Å². The van der Waals surface area contributed by atoms with Gasteiger partial charge >= 0.3 is 6.18 Å². The van der Waals surface area contributed by atoms with Crippen LogP contribution in [0.4, 0.5) is 13.2 Å². The summed E-state index contributed by atoms with van der Waals surface area (Å²) in [5.74, 6) is 0. The molecule has 0 unspecified atom stereocenters. The first-order valence-electron chi connectivity index (χ1n) is 7.02. The summed E-state index contributed by atoms with van der Waals surface area (Å²) in [7, 11) is 0. The van der Waals surface area contributed by atoms with Crippen LogP contribution in [0.2, 0.25) is 0 Å². The molecule has 6 heteroatoms. The summed E-state index contributed by atoms with van der Waals surface area (Å²) in [4.78, 5) is 2.04. The molecular weight excluding hydrogens is 279 g/mol. The predicted molar refractivity (Wildman–Crippen MR) is 73.6 cm³/mol. The Morgan fingerprint density at radius 3 is 2.52 bits per heavy atom. The monoisotopic (exact) mass is 297 g/mol. The number of piperazine rings is 1. The lowest BCUT2D eigenvalue weighted by atomic mass is 9.95. The van der Waals surface area contributed by atoms with Crippen LogP contribution in [0.1, 0.15) is 30.0 Å². The van der Waals surface area contributed by atoms with E-state index in [1.165, 1.54) is 0 Å². The van der Waals surface area contributed by atoms with Crippen molar-refractivity contribution in [2.24, 2.45) is 0 Å². The van der Waals surface area contributed by atoms with E-state index in [0.717, 1.165) is 13.1 Å². The van der Waals surface area contributed by atoms with Crippen molar-refractivity contribution < 1.29 is 13.2 Å². The maximum Gasteiger partial charge on any atom is 0.389 e. The quantitative estimate of drug-likeness (QED) is 0.929. The Kier molecular flexibility index (Phi) is 5.21. The van der Waals surface area contributed by atoms with Crippen molar-refractivity contribution in [3.63, 3.8) is 0 Å². The predicted octanol–water partition coefficient (Wildman–Crippen LogP) is 2.85. The Hall–Kier alpha value is -1.58. The highest BCUT2D eigenvalue weighted by Crippen LogP contribution is 2.33. The molecule has 1 aliphatic rings. The molecule has 1 atom stereocenters. The molecule has 1 saturated heterocycles. The SMILES string of the molecule is N#Cc1ccccc1[C@@H](CCC(F)(F)F)N1CCNCC1. The number of nitrogens with zero attached hydrogens (tertiary/aromatic N) is 2. The van der Waals surface area contributed by atoms with Crippen LogP contribution in [0.25, 0.3) is 0 Å². The van der Waals surface area contributed by atoms with E-state index in [1.807, 2.05) is 4.90 Å². The third-order valence-corrected chi connectivity index (χ3v) is 3.73. The Morgan fingerprint density at radius 2 is 1.90 bits per heavy atom. The summed E-state index contributed by atoms with van der Waals surface area (Å²) in [6.07, 6.45) is -5.02. The van der Waals surface area contributed by atoms with Gasteiger partial charge in [-0.25, -0.2) is 0 Å². The third-order valence-electron chi connectivity index (χ3n) is 3.73. The van der Waals surface area contributed by atoms with E-state index < -0.39 is 12.6 Å². The summed E-state index contributed by atoms with van der Waals surface area (Å²) in [5.41, 5.74) is 1.16. The van der Waals surface area contributed by atoms with Gasteiger partial charge in [0.15, 0.2) is 0 Å². The number of benzene rings is 1. The Morgan fingerprint density at radius 1 is 1.24 bits per heavy atom. The second-order valence-electron chi connectivity index (χ2n) is 5.15. The van der Waals surface area contributed by atoms with Crippen molar-refractivity contribution >= 4 is 0 Å². The van der Waals surface area contributed by atoms with Gasteiger partial charge in [0, 0.05) is 38.6 Å². The van der Waals surface area contributed by atoms with E-state index in [-0.39, 0.29) is 12.5 Å². The molecule has 0 amide bonds. The minimum Gasteiger partial charge on any atom is -0.314 e. The molecule has 21 heavy (non-hydrogen) atoms. The summed E-state index contributed by atoms with van der Waals surface area (Å²) in [5, 5.41) is 12.4. The molecule has 3 nitrogen and oxygen atoms in total. The van der Waals surface area contributed by atoms with E-state index in [9.17, 15) is 18.4 Å². The zero-order chi connectivity index (χ0) is 15.3. The molecule has 0 spiro atoms. The summed E-state index contributed by atoms with van der Waals surface area (Å²) in [6, 6.07) is 8.68. The van der Waals surface area contributed by atoms with Gasteiger partial charge in [-0.2, -0.15) is 18.4 Å². The first-order valence-corrected chi connectivity index (χ1v) is 7.02. The van der Waals surface area contributed by atoms with E-state index in [2.05, 4.69) is 11.4 Å². The van der Waals surface area contributed by atoms with Crippen LogP contribution in [-0.2, 0) is 0 Å². The lowest BCUT2D eigenvalue weighted by Gasteiger charge is -2.35. The largest absolute Gasteiger partial charge is 0.389 e. The molecule has 114 valence electrons. The van der Waals surface area contributed by atoms with E-state index in [4.69, 9.17) is 0 Å². The Balaban J connectivity index is 2.24. The number of rotatable bonds is 4. The first kappa shape index (κ1) is 15.8. The lowest BCUT2D eigenvalue weighted by Crippen LogP contribution is -2.45. The van der Waals surface area contributed by atoms with Gasteiger partial charge in [0.2, 0.25) is 0 Å². The Bertz CT molecular complexity index is 502.